The summed E-state index contributed by atoms with van der Waals surface area (Å²) in [5.74, 6) is 0.484. The van der Waals surface area contributed by atoms with Crippen molar-refractivity contribution in [2.24, 2.45) is 0 Å². The summed E-state index contributed by atoms with van der Waals surface area (Å²) in [6, 6.07) is 11.7. The van der Waals surface area contributed by atoms with Gasteiger partial charge in [-0.15, -0.1) is 0 Å². The van der Waals surface area contributed by atoms with Gasteiger partial charge in [-0.3, -0.25) is 14.3 Å². The molecule has 0 radical (unpaired) electrons. The zero-order chi connectivity index (χ0) is 22.7. The van der Waals surface area contributed by atoms with Crippen molar-refractivity contribution in [2.45, 2.75) is 33.0 Å². The molecule has 2 aromatic heterocycles. The van der Waals surface area contributed by atoms with Crippen LogP contribution in [-0.4, -0.2) is 61.7 Å². The molecule has 0 unspecified atom stereocenters. The predicted octanol–water partition coefficient (Wildman–Crippen LogP) is 2.78. The molecule has 1 aliphatic rings. The number of amides is 1. The molecule has 1 fully saturated rings. The minimum atomic E-state index is -0.844. The Bertz CT molecular complexity index is 1150. The summed E-state index contributed by atoms with van der Waals surface area (Å²) in [7, 11) is 0. The van der Waals surface area contributed by atoms with Gasteiger partial charge in [0.25, 0.3) is 5.56 Å². The number of carboxylic acid groups (broad SMARTS) is 1. The Hall–Kier alpha value is -3.46. The predicted molar refractivity (Wildman–Crippen MR) is 123 cm³/mol. The third-order valence-corrected chi connectivity index (χ3v) is 5.91. The normalized spacial score (nSPS) is 15.6. The van der Waals surface area contributed by atoms with Gasteiger partial charge in [0.05, 0.1) is 6.04 Å². The van der Waals surface area contributed by atoms with Crippen LogP contribution in [0.15, 0.2) is 47.4 Å². The molecule has 32 heavy (non-hydrogen) atoms. The highest BCUT2D eigenvalue weighted by Gasteiger charge is 2.20. The van der Waals surface area contributed by atoms with E-state index in [0.717, 1.165) is 30.6 Å². The number of nitrogens with zero attached hydrogens (tertiary/aromatic N) is 5. The third-order valence-electron chi connectivity index (χ3n) is 5.91. The highest BCUT2D eigenvalue weighted by atomic mass is 16.4. The summed E-state index contributed by atoms with van der Waals surface area (Å²) in [6.07, 6.45) is 0.889. The van der Waals surface area contributed by atoms with Crippen molar-refractivity contribution in [3.05, 3.63) is 64.1 Å². The molecule has 2 N–H and O–H groups in total. The van der Waals surface area contributed by atoms with E-state index in [1.165, 1.54) is 10.5 Å². The van der Waals surface area contributed by atoms with Crippen LogP contribution in [0.3, 0.4) is 0 Å². The SMILES string of the molecule is CCn1c(=O)ccc2cnc(N[C@@H](C)c3ccc(CN4CCN(C(=O)O)CC4)cc3)nc21. The second kappa shape index (κ2) is 9.35. The van der Waals surface area contributed by atoms with Crippen molar-refractivity contribution >= 4 is 23.1 Å². The summed E-state index contributed by atoms with van der Waals surface area (Å²) in [6.45, 7) is 7.91. The largest absolute Gasteiger partial charge is 0.465 e. The lowest BCUT2D eigenvalue weighted by molar-refractivity contribution is 0.103. The summed E-state index contributed by atoms with van der Waals surface area (Å²) >= 11 is 0. The number of piperazine rings is 1. The Labute approximate surface area is 186 Å². The monoisotopic (exact) mass is 436 g/mol. The Kier molecular flexibility index (Phi) is 6.36. The molecular formula is C23H28N6O3. The van der Waals surface area contributed by atoms with Crippen molar-refractivity contribution in [3.63, 3.8) is 0 Å². The third kappa shape index (κ3) is 4.72. The van der Waals surface area contributed by atoms with Crippen LogP contribution < -0.4 is 10.9 Å². The van der Waals surface area contributed by atoms with Crippen molar-refractivity contribution in [1.82, 2.24) is 24.3 Å². The van der Waals surface area contributed by atoms with Crippen LogP contribution in [0, 0.1) is 0 Å². The molecule has 1 aromatic carbocycles. The molecule has 4 rings (SSSR count). The minimum absolute atomic E-state index is 0.00822. The standard InChI is InChI=1S/C23H28N6O3/c1-3-29-20(30)9-8-19-14-24-22(26-21(19)29)25-16(2)18-6-4-17(5-7-18)15-27-10-12-28(13-11-27)23(31)32/h4-9,14,16H,3,10-13,15H2,1-2H3,(H,31,32)(H,24,25,26)/t16-/m0/s1. The van der Waals surface area contributed by atoms with Gasteiger partial charge in [-0.25, -0.2) is 9.78 Å². The first-order valence-corrected chi connectivity index (χ1v) is 10.9. The fraction of sp³-hybridized carbons (Fsp3) is 0.391. The molecule has 1 saturated heterocycles. The van der Waals surface area contributed by atoms with Gasteiger partial charge in [0.15, 0.2) is 0 Å². The number of anilines is 1. The van der Waals surface area contributed by atoms with Crippen LogP contribution in [0.5, 0.6) is 0 Å². The molecule has 0 bridgehead atoms. The van der Waals surface area contributed by atoms with Crippen molar-refractivity contribution in [1.29, 1.82) is 0 Å². The molecule has 9 nitrogen and oxygen atoms in total. The van der Waals surface area contributed by atoms with Crippen LogP contribution in [0.1, 0.15) is 31.0 Å². The van der Waals surface area contributed by atoms with Crippen LogP contribution in [0.25, 0.3) is 11.0 Å². The maximum atomic E-state index is 12.1. The molecule has 3 aromatic rings. The Balaban J connectivity index is 1.40. The van der Waals surface area contributed by atoms with Gasteiger partial charge in [0.2, 0.25) is 5.95 Å². The molecule has 3 heterocycles. The van der Waals surface area contributed by atoms with Crippen molar-refractivity contribution in [3.8, 4) is 0 Å². The van der Waals surface area contributed by atoms with Crippen LogP contribution in [0.4, 0.5) is 10.7 Å². The van der Waals surface area contributed by atoms with Gasteiger partial charge in [0.1, 0.15) is 5.65 Å². The number of hydrogen-bond donors (Lipinski definition) is 2. The van der Waals surface area contributed by atoms with E-state index < -0.39 is 6.09 Å². The second-order valence-electron chi connectivity index (χ2n) is 8.04. The molecule has 1 amide bonds. The topological polar surface area (TPSA) is 104 Å². The fourth-order valence-corrected chi connectivity index (χ4v) is 3.99. The van der Waals surface area contributed by atoms with Gasteiger partial charge < -0.3 is 15.3 Å². The highest BCUT2D eigenvalue weighted by Crippen LogP contribution is 2.20. The number of rotatable bonds is 6. The molecule has 0 aliphatic carbocycles. The van der Waals surface area contributed by atoms with Crippen molar-refractivity contribution in [2.75, 3.05) is 31.5 Å². The zero-order valence-corrected chi connectivity index (χ0v) is 18.4. The summed E-state index contributed by atoms with van der Waals surface area (Å²) < 4.78 is 1.64. The average molecular weight is 437 g/mol. The highest BCUT2D eigenvalue weighted by molar-refractivity contribution is 5.75. The van der Waals surface area contributed by atoms with Gasteiger partial charge in [0, 0.05) is 56.9 Å². The van der Waals surface area contributed by atoms with Gasteiger partial charge in [-0.05, 0) is 31.0 Å². The first-order chi connectivity index (χ1) is 15.4. The summed E-state index contributed by atoms with van der Waals surface area (Å²) in [4.78, 5) is 35.8. The molecule has 0 saturated carbocycles. The number of fused-ring (bicyclic) bond motifs is 1. The van der Waals surface area contributed by atoms with E-state index in [1.807, 2.05) is 13.8 Å². The van der Waals surface area contributed by atoms with E-state index in [2.05, 4.69) is 44.5 Å². The fourth-order valence-electron chi connectivity index (χ4n) is 3.99. The molecule has 1 atom stereocenters. The summed E-state index contributed by atoms with van der Waals surface area (Å²) in [5.41, 5.74) is 2.86. The van der Waals surface area contributed by atoms with E-state index >= 15 is 0 Å². The summed E-state index contributed by atoms with van der Waals surface area (Å²) in [5, 5.41) is 13.2. The molecule has 9 heteroatoms. The minimum Gasteiger partial charge on any atom is -0.465 e. The van der Waals surface area contributed by atoms with Crippen LogP contribution in [-0.2, 0) is 13.1 Å². The first-order valence-electron chi connectivity index (χ1n) is 10.9. The Morgan fingerprint density at radius 1 is 1.12 bits per heavy atom. The number of pyridine rings is 1. The number of hydrogen-bond acceptors (Lipinski definition) is 6. The number of nitrogens with one attached hydrogen (secondary N) is 1. The zero-order valence-electron chi connectivity index (χ0n) is 18.4. The van der Waals surface area contributed by atoms with E-state index in [9.17, 15) is 9.59 Å². The average Bonchev–Trinajstić information content (AvgIpc) is 2.80. The maximum absolute atomic E-state index is 12.1. The smallest absolute Gasteiger partial charge is 0.407 e. The van der Waals surface area contributed by atoms with Gasteiger partial charge in [-0.1, -0.05) is 24.3 Å². The maximum Gasteiger partial charge on any atom is 0.407 e. The number of aryl methyl sites for hydroxylation is 1. The molecule has 168 valence electrons. The van der Waals surface area contributed by atoms with E-state index in [0.29, 0.717) is 31.2 Å². The van der Waals surface area contributed by atoms with Gasteiger partial charge in [-0.2, -0.15) is 4.98 Å². The number of aromatic nitrogens is 3. The van der Waals surface area contributed by atoms with Gasteiger partial charge >= 0.3 is 6.09 Å². The molecular weight excluding hydrogens is 408 g/mol. The molecule has 1 aliphatic heterocycles. The van der Waals surface area contributed by atoms with E-state index in [-0.39, 0.29) is 11.6 Å². The molecule has 0 spiro atoms. The van der Waals surface area contributed by atoms with Crippen LogP contribution >= 0.6 is 0 Å². The lowest BCUT2D eigenvalue weighted by atomic mass is 10.1. The van der Waals surface area contributed by atoms with E-state index in [1.54, 1.807) is 22.9 Å². The Morgan fingerprint density at radius 2 is 1.84 bits per heavy atom. The lowest BCUT2D eigenvalue weighted by Gasteiger charge is -2.33. The second-order valence-corrected chi connectivity index (χ2v) is 8.04. The lowest BCUT2D eigenvalue weighted by Crippen LogP contribution is -2.47. The quantitative estimate of drug-likeness (QED) is 0.612. The first kappa shape index (κ1) is 21.8. The van der Waals surface area contributed by atoms with Crippen molar-refractivity contribution < 1.29 is 9.90 Å². The Morgan fingerprint density at radius 3 is 2.50 bits per heavy atom. The number of carbonyl (C=O) groups is 1. The van der Waals surface area contributed by atoms with Crippen LogP contribution in [0.2, 0.25) is 0 Å². The number of benzene rings is 1. The van der Waals surface area contributed by atoms with E-state index in [4.69, 9.17) is 5.11 Å².